The monoisotopic (exact) mass is 486 g/mol. The van der Waals surface area contributed by atoms with Crippen molar-refractivity contribution < 1.29 is 9.32 Å². The Labute approximate surface area is 176 Å². The third kappa shape index (κ3) is 7.53. The van der Waals surface area contributed by atoms with Gasteiger partial charge in [0.1, 0.15) is 0 Å². The quantitative estimate of drug-likeness (QED) is 0.301. The lowest BCUT2D eigenvalue weighted by atomic mass is 9.99. The topological polar surface area (TPSA) is 104 Å². The van der Waals surface area contributed by atoms with Gasteiger partial charge >= 0.3 is 0 Å². The molecule has 0 aromatic carbocycles. The minimum absolute atomic E-state index is 0. The number of halogens is 1. The molecule has 0 spiro atoms. The molecule has 0 aliphatic heterocycles. The number of hydrogen-bond donors (Lipinski definition) is 3. The predicted octanol–water partition coefficient (Wildman–Crippen LogP) is 2.89. The van der Waals surface area contributed by atoms with Crippen LogP contribution in [0.3, 0.4) is 0 Å². The molecule has 0 aliphatic rings. The maximum absolute atomic E-state index is 11.9. The average molecular weight is 486 g/mol. The minimum atomic E-state index is -0.184. The lowest BCUT2D eigenvalue weighted by Crippen LogP contribution is -2.41. The number of nitrogens with zero attached hydrogens (tertiary/aromatic N) is 3. The summed E-state index contributed by atoms with van der Waals surface area (Å²) in [4.78, 5) is 20.0. The van der Waals surface area contributed by atoms with Gasteiger partial charge in [-0.05, 0) is 25.0 Å². The first kappa shape index (κ1) is 22.9. The van der Waals surface area contributed by atoms with Gasteiger partial charge in [-0.15, -0.1) is 24.0 Å². The molecule has 0 aliphatic carbocycles. The van der Waals surface area contributed by atoms with Crippen LogP contribution in [0.2, 0.25) is 0 Å². The maximum atomic E-state index is 11.9. The van der Waals surface area contributed by atoms with E-state index in [1.165, 1.54) is 0 Å². The molecule has 2 aromatic heterocycles. The van der Waals surface area contributed by atoms with Crippen LogP contribution in [0.15, 0.2) is 40.1 Å². The number of aromatic nitrogens is 2. The molecule has 0 bridgehead atoms. The number of nitrogens with one attached hydrogen (secondary N) is 3. The van der Waals surface area contributed by atoms with Gasteiger partial charge in [-0.1, -0.05) is 19.0 Å². The van der Waals surface area contributed by atoms with Crippen LogP contribution in [-0.2, 0) is 11.3 Å². The van der Waals surface area contributed by atoms with Crippen molar-refractivity contribution in [3.05, 3.63) is 42.0 Å². The van der Waals surface area contributed by atoms with Crippen molar-refractivity contribution in [1.29, 1.82) is 0 Å². The summed E-state index contributed by atoms with van der Waals surface area (Å²) in [5, 5.41) is 12.9. The smallest absolute Gasteiger partial charge is 0.243 e. The molecule has 2 rings (SSSR count). The lowest BCUT2D eigenvalue weighted by Gasteiger charge is -2.10. The van der Waals surface area contributed by atoms with E-state index in [0.717, 1.165) is 24.3 Å². The van der Waals surface area contributed by atoms with Crippen molar-refractivity contribution in [3.63, 3.8) is 0 Å². The van der Waals surface area contributed by atoms with Crippen LogP contribution in [0.25, 0.3) is 0 Å². The number of hydrogen-bond acceptors (Lipinski definition) is 5. The zero-order chi connectivity index (χ0) is 18.8. The van der Waals surface area contributed by atoms with Gasteiger partial charge in [0, 0.05) is 25.2 Å². The zero-order valence-corrected chi connectivity index (χ0v) is 18.2. The molecule has 0 fully saturated rings. The summed E-state index contributed by atoms with van der Waals surface area (Å²) in [5.41, 5.74) is 1.63. The molecule has 0 radical (unpaired) electrons. The van der Waals surface area contributed by atoms with Gasteiger partial charge in [0.05, 0.1) is 30.7 Å². The van der Waals surface area contributed by atoms with Gasteiger partial charge in [-0.25, -0.2) is 0 Å². The molecule has 0 saturated heterocycles. The van der Waals surface area contributed by atoms with Crippen molar-refractivity contribution in [2.24, 2.45) is 4.99 Å². The highest BCUT2D eigenvalue weighted by Gasteiger charge is 2.13. The van der Waals surface area contributed by atoms with E-state index < -0.39 is 0 Å². The first-order valence-electron chi connectivity index (χ1n) is 8.76. The van der Waals surface area contributed by atoms with E-state index >= 15 is 0 Å². The molecule has 0 saturated carbocycles. The third-order valence-corrected chi connectivity index (χ3v) is 4.00. The Morgan fingerprint density at radius 2 is 2.07 bits per heavy atom. The normalized spacial score (nSPS) is 11.0. The van der Waals surface area contributed by atoms with Gasteiger partial charge in [0.2, 0.25) is 5.91 Å². The first-order valence-corrected chi connectivity index (χ1v) is 8.76. The average Bonchev–Trinajstić information content (AvgIpc) is 3.12. The second kappa shape index (κ2) is 12.3. The van der Waals surface area contributed by atoms with Crippen molar-refractivity contribution >= 4 is 41.5 Å². The molecule has 9 heteroatoms. The largest absolute Gasteiger partial charge is 0.359 e. The molecule has 3 N–H and O–H groups in total. The Balaban J connectivity index is 0.00000364. The molecule has 1 amide bonds. The van der Waals surface area contributed by atoms with Gasteiger partial charge in [0.15, 0.2) is 11.7 Å². The Bertz CT molecular complexity index is 716. The number of pyridine rings is 1. The van der Waals surface area contributed by atoms with Gasteiger partial charge in [0.25, 0.3) is 0 Å². The van der Waals surface area contributed by atoms with Crippen molar-refractivity contribution in [1.82, 2.24) is 20.8 Å². The number of aliphatic imine (C=N–C) groups is 1. The van der Waals surface area contributed by atoms with Crippen LogP contribution in [-0.4, -0.2) is 35.6 Å². The van der Waals surface area contributed by atoms with Gasteiger partial charge < -0.3 is 20.5 Å². The van der Waals surface area contributed by atoms with Crippen molar-refractivity contribution in [3.8, 4) is 0 Å². The van der Waals surface area contributed by atoms with Crippen LogP contribution in [0.4, 0.5) is 5.69 Å². The van der Waals surface area contributed by atoms with E-state index in [9.17, 15) is 4.79 Å². The molecule has 0 atom stereocenters. The van der Waals surface area contributed by atoms with Crippen LogP contribution in [0.5, 0.6) is 0 Å². The van der Waals surface area contributed by atoms with Crippen LogP contribution >= 0.6 is 24.0 Å². The number of anilines is 1. The third-order valence-electron chi connectivity index (χ3n) is 4.00. The highest BCUT2D eigenvalue weighted by atomic mass is 127. The Morgan fingerprint density at radius 3 is 2.70 bits per heavy atom. The van der Waals surface area contributed by atoms with Gasteiger partial charge in [-0.2, -0.15) is 0 Å². The molecular formula is C18H27IN6O2. The Morgan fingerprint density at radius 1 is 1.30 bits per heavy atom. The molecule has 0 unspecified atom stereocenters. The number of rotatable bonds is 8. The lowest BCUT2D eigenvalue weighted by molar-refractivity contribution is -0.115. The van der Waals surface area contributed by atoms with E-state index in [4.69, 9.17) is 4.52 Å². The van der Waals surface area contributed by atoms with Crippen LogP contribution in [0, 0.1) is 0 Å². The van der Waals surface area contributed by atoms with Crippen LogP contribution < -0.4 is 16.0 Å². The fraction of sp³-hybridized carbons (Fsp3) is 0.444. The fourth-order valence-corrected chi connectivity index (χ4v) is 2.51. The predicted molar refractivity (Wildman–Crippen MR) is 116 cm³/mol. The summed E-state index contributed by atoms with van der Waals surface area (Å²) in [5.74, 6) is 1.47. The fourth-order valence-electron chi connectivity index (χ4n) is 2.51. The van der Waals surface area contributed by atoms with Gasteiger partial charge in [-0.3, -0.25) is 14.8 Å². The summed E-state index contributed by atoms with van der Waals surface area (Å²) in [6, 6.07) is 5.50. The Hall–Kier alpha value is -2.17. The first-order chi connectivity index (χ1) is 12.7. The van der Waals surface area contributed by atoms with E-state index in [-0.39, 0.29) is 36.4 Å². The number of carbonyl (C=O) groups excluding carboxylic acids is 1. The number of amides is 1. The minimum Gasteiger partial charge on any atom is -0.359 e. The number of guanidine groups is 1. The highest BCUT2D eigenvalue weighted by molar-refractivity contribution is 14.0. The number of carbonyl (C=O) groups is 1. The summed E-state index contributed by atoms with van der Waals surface area (Å²) in [6.45, 7) is 4.81. The van der Waals surface area contributed by atoms with E-state index in [1.807, 2.05) is 6.07 Å². The Kier molecular flexibility index (Phi) is 10.4. The highest BCUT2D eigenvalue weighted by Crippen LogP contribution is 2.22. The molecule has 8 nitrogen and oxygen atoms in total. The molecule has 2 heterocycles. The summed E-state index contributed by atoms with van der Waals surface area (Å²) >= 11 is 0. The maximum Gasteiger partial charge on any atom is 0.243 e. The molecule has 2 aromatic rings. The SMILES string of the molecule is CCC(CC)c1cc(CNC(=NC)NCC(=O)Nc2cccnc2)on1.I. The zero-order valence-electron chi connectivity index (χ0n) is 15.9. The molecular weight excluding hydrogens is 459 g/mol. The van der Waals surface area contributed by atoms with Crippen LogP contribution in [0.1, 0.15) is 44.1 Å². The molecule has 148 valence electrons. The standard InChI is InChI=1S/C18H26N6O2.HI/c1-4-13(5-2)16-9-15(26-24-16)11-21-18(19-3)22-12-17(25)23-14-7-6-8-20-10-14;/h6-10,13H,4-5,11-12H2,1-3H3,(H,23,25)(H2,19,21,22);1H. The summed E-state index contributed by atoms with van der Waals surface area (Å²) in [6.07, 6.45) is 5.31. The molecule has 27 heavy (non-hydrogen) atoms. The summed E-state index contributed by atoms with van der Waals surface area (Å²) < 4.78 is 5.37. The van der Waals surface area contributed by atoms with Crippen molar-refractivity contribution in [2.75, 3.05) is 18.9 Å². The van der Waals surface area contributed by atoms with E-state index in [0.29, 0.717) is 24.1 Å². The second-order valence-electron chi connectivity index (χ2n) is 5.80. The van der Waals surface area contributed by atoms with E-state index in [2.05, 4.69) is 44.9 Å². The second-order valence-corrected chi connectivity index (χ2v) is 5.80. The summed E-state index contributed by atoms with van der Waals surface area (Å²) in [7, 11) is 1.64. The van der Waals surface area contributed by atoms with Crippen molar-refractivity contribution in [2.45, 2.75) is 39.2 Å². The van der Waals surface area contributed by atoms with E-state index in [1.54, 1.807) is 31.6 Å².